The van der Waals surface area contributed by atoms with Crippen molar-refractivity contribution in [1.29, 1.82) is 0 Å². The number of para-hydroxylation sites is 2. The predicted molar refractivity (Wildman–Crippen MR) is 270 cm³/mol. The Balaban J connectivity index is 1.02. The second-order valence-electron chi connectivity index (χ2n) is 16.5. The van der Waals surface area contributed by atoms with Gasteiger partial charge in [-0.25, -0.2) is 0 Å². The van der Waals surface area contributed by atoms with E-state index in [2.05, 4.69) is 240 Å². The number of hydrogen-bond acceptors (Lipinski definition) is 1. The number of aromatic nitrogens is 2. The Morgan fingerprint density at radius 3 is 1.56 bits per heavy atom. The molecule has 0 spiro atoms. The first-order chi connectivity index (χ1) is 31.2. The smallest absolute Gasteiger partial charge is 0.0547 e. The fourth-order valence-electron chi connectivity index (χ4n) is 10.0. The summed E-state index contributed by atoms with van der Waals surface area (Å²) in [7, 11) is 0. The Kier molecular flexibility index (Phi) is 8.12. The van der Waals surface area contributed by atoms with Crippen molar-refractivity contribution < 1.29 is 0 Å². The molecule has 0 unspecified atom stereocenters. The lowest BCUT2D eigenvalue weighted by atomic mass is 9.96. The zero-order chi connectivity index (χ0) is 41.4. The number of benzene rings is 10. The molecule has 0 aliphatic heterocycles. The van der Waals surface area contributed by atoms with Gasteiger partial charge in [0.15, 0.2) is 0 Å². The molecule has 10 aromatic carbocycles. The fourth-order valence-corrected chi connectivity index (χ4v) is 11.1. The monoisotopic (exact) mass is 818 g/mol. The standard InChI is InChI=1S/C60H38N2S/c1-4-15-39(16-5-1)46-31-27-44(43-30-34-59-51(36-43)49-22-11-13-26-58(49)63-59)38-57(46)62-53-24-12-10-21-48(53)50-35-41(28-32-54(50)62)42-29-33-55-52(37-42)60-47(40-17-6-2-7-18-40)23-14-25-56(60)61(55)45-19-8-3-9-20-45/h1-38H. The molecule has 2 nitrogen and oxygen atoms in total. The molecule has 13 aromatic rings. The van der Waals surface area contributed by atoms with E-state index in [1.54, 1.807) is 0 Å². The molecule has 0 bridgehead atoms. The molecule has 294 valence electrons. The normalized spacial score (nSPS) is 11.8. The molecule has 0 N–H and O–H groups in total. The van der Waals surface area contributed by atoms with E-state index >= 15 is 0 Å². The van der Waals surface area contributed by atoms with E-state index in [1.807, 2.05) is 11.3 Å². The molecule has 0 aliphatic rings. The molecular formula is C60H38N2S. The van der Waals surface area contributed by atoms with Crippen molar-refractivity contribution in [1.82, 2.24) is 9.13 Å². The number of fused-ring (bicyclic) bond motifs is 9. The molecule has 3 heteroatoms. The molecule has 3 aromatic heterocycles. The maximum absolute atomic E-state index is 2.49. The highest BCUT2D eigenvalue weighted by Crippen LogP contribution is 2.44. The second-order valence-corrected chi connectivity index (χ2v) is 17.5. The average Bonchev–Trinajstić information content (AvgIpc) is 4.01. The van der Waals surface area contributed by atoms with Gasteiger partial charge in [0, 0.05) is 53.0 Å². The van der Waals surface area contributed by atoms with Crippen LogP contribution in [0.1, 0.15) is 0 Å². The summed E-state index contributed by atoms with van der Waals surface area (Å²) in [5, 5.41) is 7.60. The lowest BCUT2D eigenvalue weighted by Crippen LogP contribution is -1.98. The van der Waals surface area contributed by atoms with Crippen molar-refractivity contribution in [2.24, 2.45) is 0 Å². The van der Waals surface area contributed by atoms with Gasteiger partial charge in [-0.3, -0.25) is 0 Å². The van der Waals surface area contributed by atoms with Crippen molar-refractivity contribution in [3.8, 4) is 55.9 Å². The van der Waals surface area contributed by atoms with E-state index in [-0.39, 0.29) is 0 Å². The quantitative estimate of drug-likeness (QED) is 0.158. The summed E-state index contributed by atoms with van der Waals surface area (Å²) in [6.45, 7) is 0. The van der Waals surface area contributed by atoms with Gasteiger partial charge in [-0.05, 0) is 112 Å². The van der Waals surface area contributed by atoms with E-state index in [0.29, 0.717) is 0 Å². The second kappa shape index (κ2) is 14.3. The summed E-state index contributed by atoms with van der Waals surface area (Å²) in [4.78, 5) is 0. The SMILES string of the molecule is c1ccc(-c2ccc(-c3ccc4sc5ccccc5c4c3)cc2-n2c3ccccc3c3cc(-c4ccc5c(c4)c4c(-c6ccccc6)cccc4n5-c4ccccc4)ccc32)cc1. The van der Waals surface area contributed by atoms with E-state index in [0.717, 1.165) is 11.4 Å². The highest BCUT2D eigenvalue weighted by Gasteiger charge is 2.20. The minimum Gasteiger partial charge on any atom is -0.309 e. The first kappa shape index (κ1) is 35.7. The third-order valence-electron chi connectivity index (χ3n) is 12.9. The van der Waals surface area contributed by atoms with Crippen molar-refractivity contribution in [3.63, 3.8) is 0 Å². The van der Waals surface area contributed by atoms with Crippen molar-refractivity contribution in [2.45, 2.75) is 0 Å². The van der Waals surface area contributed by atoms with Crippen molar-refractivity contribution >= 4 is 75.1 Å². The van der Waals surface area contributed by atoms with Crippen LogP contribution in [0.5, 0.6) is 0 Å². The Morgan fingerprint density at radius 2 is 0.794 bits per heavy atom. The molecule has 13 rings (SSSR count). The Hall–Kier alpha value is -7.98. The van der Waals surface area contributed by atoms with Crippen LogP contribution in [0.25, 0.3) is 120 Å². The van der Waals surface area contributed by atoms with Gasteiger partial charge < -0.3 is 9.13 Å². The van der Waals surface area contributed by atoms with Gasteiger partial charge in [-0.2, -0.15) is 0 Å². The van der Waals surface area contributed by atoms with Crippen LogP contribution in [-0.2, 0) is 0 Å². The fraction of sp³-hybridized carbons (Fsp3) is 0. The lowest BCUT2D eigenvalue weighted by molar-refractivity contribution is 1.18. The Bertz CT molecular complexity index is 3890. The highest BCUT2D eigenvalue weighted by molar-refractivity contribution is 7.25. The predicted octanol–water partition coefficient (Wildman–Crippen LogP) is 16.9. The van der Waals surface area contributed by atoms with Crippen LogP contribution in [0.2, 0.25) is 0 Å². The summed E-state index contributed by atoms with van der Waals surface area (Å²) < 4.78 is 7.54. The summed E-state index contributed by atoms with van der Waals surface area (Å²) >= 11 is 1.86. The van der Waals surface area contributed by atoms with E-state index in [1.165, 1.54) is 108 Å². The molecule has 0 aliphatic carbocycles. The van der Waals surface area contributed by atoms with Crippen LogP contribution in [0.3, 0.4) is 0 Å². The van der Waals surface area contributed by atoms with Crippen molar-refractivity contribution in [3.05, 3.63) is 231 Å². The minimum absolute atomic E-state index is 1.16. The van der Waals surface area contributed by atoms with Gasteiger partial charge in [0.05, 0.1) is 27.8 Å². The number of thiophene rings is 1. The topological polar surface area (TPSA) is 9.86 Å². The molecular weight excluding hydrogens is 781 g/mol. The van der Waals surface area contributed by atoms with Gasteiger partial charge in [-0.15, -0.1) is 11.3 Å². The lowest BCUT2D eigenvalue weighted by Gasteiger charge is -2.16. The van der Waals surface area contributed by atoms with Crippen LogP contribution in [-0.4, -0.2) is 9.13 Å². The first-order valence-corrected chi connectivity index (χ1v) is 22.4. The summed E-state index contributed by atoms with van der Waals surface area (Å²) in [5.74, 6) is 0. The summed E-state index contributed by atoms with van der Waals surface area (Å²) in [6.07, 6.45) is 0. The van der Waals surface area contributed by atoms with Crippen molar-refractivity contribution in [2.75, 3.05) is 0 Å². The van der Waals surface area contributed by atoms with Gasteiger partial charge in [0.2, 0.25) is 0 Å². The van der Waals surface area contributed by atoms with Gasteiger partial charge in [-0.1, -0.05) is 158 Å². The van der Waals surface area contributed by atoms with Crippen LogP contribution in [0.4, 0.5) is 0 Å². The zero-order valence-corrected chi connectivity index (χ0v) is 35.1. The Labute approximate surface area is 368 Å². The third kappa shape index (κ3) is 5.71. The number of hydrogen-bond donors (Lipinski definition) is 0. The van der Waals surface area contributed by atoms with E-state index in [9.17, 15) is 0 Å². The molecule has 0 fully saturated rings. The summed E-state index contributed by atoms with van der Waals surface area (Å²) in [5.41, 5.74) is 16.7. The maximum Gasteiger partial charge on any atom is 0.0547 e. The molecule has 0 atom stereocenters. The largest absolute Gasteiger partial charge is 0.309 e. The van der Waals surface area contributed by atoms with Gasteiger partial charge >= 0.3 is 0 Å². The van der Waals surface area contributed by atoms with E-state index in [4.69, 9.17) is 0 Å². The van der Waals surface area contributed by atoms with Crippen LogP contribution in [0, 0.1) is 0 Å². The first-order valence-electron chi connectivity index (χ1n) is 21.6. The number of rotatable bonds is 6. The maximum atomic E-state index is 2.49. The molecule has 3 heterocycles. The average molecular weight is 819 g/mol. The molecule has 0 amide bonds. The van der Waals surface area contributed by atoms with E-state index < -0.39 is 0 Å². The molecule has 63 heavy (non-hydrogen) atoms. The molecule has 0 saturated carbocycles. The zero-order valence-electron chi connectivity index (χ0n) is 34.2. The minimum atomic E-state index is 1.16. The van der Waals surface area contributed by atoms with Gasteiger partial charge in [0.1, 0.15) is 0 Å². The molecule has 0 saturated heterocycles. The Morgan fingerprint density at radius 1 is 0.270 bits per heavy atom. The molecule has 0 radical (unpaired) electrons. The van der Waals surface area contributed by atoms with Gasteiger partial charge in [0.25, 0.3) is 0 Å². The number of nitrogens with zero attached hydrogens (tertiary/aromatic N) is 2. The highest BCUT2D eigenvalue weighted by atomic mass is 32.1. The van der Waals surface area contributed by atoms with Crippen LogP contribution < -0.4 is 0 Å². The summed E-state index contributed by atoms with van der Waals surface area (Å²) in [6, 6.07) is 84.8. The van der Waals surface area contributed by atoms with Crippen LogP contribution in [0.15, 0.2) is 231 Å². The van der Waals surface area contributed by atoms with Crippen LogP contribution >= 0.6 is 11.3 Å². The third-order valence-corrected chi connectivity index (χ3v) is 14.1.